The molecule has 2 aliphatic rings. The topological polar surface area (TPSA) is 76.7 Å². The van der Waals surface area contributed by atoms with E-state index in [1.807, 2.05) is 41.8 Å². The van der Waals surface area contributed by atoms with Gasteiger partial charge >= 0.3 is 0 Å². The summed E-state index contributed by atoms with van der Waals surface area (Å²) in [6.07, 6.45) is 5.80. The van der Waals surface area contributed by atoms with E-state index in [1.165, 1.54) is 0 Å². The van der Waals surface area contributed by atoms with E-state index in [4.69, 9.17) is 9.15 Å². The number of ether oxygens (including phenoxy) is 1. The van der Waals surface area contributed by atoms with Gasteiger partial charge in [-0.2, -0.15) is 0 Å². The predicted molar refractivity (Wildman–Crippen MR) is 125 cm³/mol. The van der Waals surface area contributed by atoms with Crippen LogP contribution in [0.15, 0.2) is 47.1 Å². The van der Waals surface area contributed by atoms with E-state index in [9.17, 15) is 9.59 Å². The van der Waals surface area contributed by atoms with Crippen molar-refractivity contribution in [3.63, 3.8) is 0 Å². The Morgan fingerprint density at radius 3 is 2.73 bits per heavy atom. The largest absolute Gasteiger partial charge is 0.496 e. The summed E-state index contributed by atoms with van der Waals surface area (Å²) in [4.78, 5) is 29.3. The number of aromatic nitrogens is 1. The maximum atomic E-state index is 13.8. The number of hydrogen-bond acceptors (Lipinski definition) is 4. The highest BCUT2D eigenvalue weighted by molar-refractivity contribution is 6.02. The van der Waals surface area contributed by atoms with Crippen LogP contribution >= 0.6 is 0 Å². The first kappa shape index (κ1) is 21.6. The average molecular weight is 450 g/mol. The molecule has 1 aliphatic heterocycles. The van der Waals surface area contributed by atoms with Gasteiger partial charge in [0, 0.05) is 23.7 Å². The molecule has 3 heterocycles. The zero-order valence-electron chi connectivity index (χ0n) is 19.5. The van der Waals surface area contributed by atoms with Crippen LogP contribution in [0.5, 0.6) is 5.75 Å². The van der Waals surface area contributed by atoms with Gasteiger partial charge < -0.3 is 23.9 Å². The Kier molecular flexibility index (Phi) is 5.43. The lowest BCUT2D eigenvalue weighted by molar-refractivity contribution is -0.134. The van der Waals surface area contributed by atoms with Crippen LogP contribution in [-0.2, 0) is 17.9 Å². The van der Waals surface area contributed by atoms with E-state index < -0.39 is 5.54 Å². The van der Waals surface area contributed by atoms with E-state index in [0.29, 0.717) is 29.5 Å². The minimum absolute atomic E-state index is 0.110. The van der Waals surface area contributed by atoms with E-state index in [1.54, 1.807) is 24.3 Å². The summed E-state index contributed by atoms with van der Waals surface area (Å²) in [5.41, 5.74) is 1.83. The third kappa shape index (κ3) is 3.69. The first-order valence-electron chi connectivity index (χ1n) is 11.7. The molecule has 3 aromatic rings. The van der Waals surface area contributed by atoms with Gasteiger partial charge in [0.1, 0.15) is 17.0 Å². The van der Waals surface area contributed by atoms with E-state index in [-0.39, 0.29) is 24.4 Å². The summed E-state index contributed by atoms with van der Waals surface area (Å²) < 4.78 is 13.0. The van der Waals surface area contributed by atoms with Crippen LogP contribution < -0.4 is 10.1 Å². The molecule has 0 saturated heterocycles. The fourth-order valence-electron chi connectivity index (χ4n) is 5.27. The molecule has 2 aromatic heterocycles. The monoisotopic (exact) mass is 449 g/mol. The van der Waals surface area contributed by atoms with Gasteiger partial charge in [0.25, 0.3) is 5.91 Å². The summed E-state index contributed by atoms with van der Waals surface area (Å²) in [6.45, 7) is 4.77. The number of hydrogen-bond donors (Lipinski definition) is 1. The van der Waals surface area contributed by atoms with Crippen LogP contribution in [-0.4, -0.2) is 40.0 Å². The molecular weight excluding hydrogens is 418 g/mol. The summed E-state index contributed by atoms with van der Waals surface area (Å²) >= 11 is 0. The number of amides is 2. The third-order valence-corrected chi connectivity index (χ3v) is 7.41. The molecule has 1 N–H and O–H groups in total. The van der Waals surface area contributed by atoms with Gasteiger partial charge in [-0.15, -0.1) is 0 Å². The molecule has 1 atom stereocenters. The minimum atomic E-state index is -1.06. The molecule has 0 unspecified atom stereocenters. The highest BCUT2D eigenvalue weighted by Crippen LogP contribution is 2.35. The SMILES string of the molecule is COc1ccccc1CN1C(=O)c2cc3occc3n2C[C@@]1(C)C(=O)NC1CCC(C)CC1. The van der Waals surface area contributed by atoms with Gasteiger partial charge in [0.2, 0.25) is 5.91 Å². The van der Waals surface area contributed by atoms with Gasteiger partial charge in [-0.1, -0.05) is 25.1 Å². The molecule has 1 saturated carbocycles. The Balaban J connectivity index is 1.52. The maximum absolute atomic E-state index is 13.8. The molecule has 5 rings (SSSR count). The number of methoxy groups -OCH3 is 1. The van der Waals surface area contributed by atoms with Gasteiger partial charge in [0.05, 0.1) is 32.0 Å². The number of fused-ring (bicyclic) bond motifs is 3. The molecule has 2 amide bonds. The van der Waals surface area contributed by atoms with Crippen LogP contribution in [0.1, 0.15) is 55.6 Å². The molecule has 7 heteroatoms. The van der Waals surface area contributed by atoms with Crippen LogP contribution in [0.3, 0.4) is 0 Å². The number of rotatable bonds is 5. The Bertz CT molecular complexity index is 1190. The summed E-state index contributed by atoms with van der Waals surface area (Å²) in [5, 5.41) is 3.28. The van der Waals surface area contributed by atoms with Crippen molar-refractivity contribution in [2.75, 3.05) is 7.11 Å². The zero-order chi connectivity index (χ0) is 23.2. The molecule has 0 bridgehead atoms. The molecule has 7 nitrogen and oxygen atoms in total. The lowest BCUT2D eigenvalue weighted by Crippen LogP contribution is -2.64. The molecule has 1 aliphatic carbocycles. The van der Waals surface area contributed by atoms with Crippen molar-refractivity contribution in [3.8, 4) is 5.75 Å². The second-order valence-electron chi connectivity index (χ2n) is 9.69. The van der Waals surface area contributed by atoms with Gasteiger partial charge in [-0.05, 0) is 44.6 Å². The number of benzene rings is 1. The number of furan rings is 1. The number of nitrogens with zero attached hydrogens (tertiary/aromatic N) is 2. The fourth-order valence-corrected chi connectivity index (χ4v) is 5.27. The van der Waals surface area contributed by atoms with Gasteiger partial charge in [-0.25, -0.2) is 0 Å². The number of nitrogens with one attached hydrogen (secondary N) is 1. The normalized spacial score (nSPS) is 25.2. The van der Waals surface area contributed by atoms with Crippen LogP contribution in [0.4, 0.5) is 0 Å². The second kappa shape index (κ2) is 8.28. The summed E-state index contributed by atoms with van der Waals surface area (Å²) in [5.74, 6) is 1.10. The van der Waals surface area contributed by atoms with Crippen LogP contribution in [0, 0.1) is 5.92 Å². The highest BCUT2D eigenvalue weighted by Gasteiger charge is 2.48. The Hall–Kier alpha value is -3.22. The van der Waals surface area contributed by atoms with Crippen molar-refractivity contribution in [3.05, 3.63) is 53.9 Å². The van der Waals surface area contributed by atoms with Gasteiger partial charge in [0.15, 0.2) is 5.58 Å². The van der Waals surface area contributed by atoms with Crippen LogP contribution in [0.25, 0.3) is 11.1 Å². The molecule has 33 heavy (non-hydrogen) atoms. The van der Waals surface area contributed by atoms with Crippen molar-refractivity contribution >= 4 is 22.9 Å². The lowest BCUT2D eigenvalue weighted by Gasteiger charge is -2.45. The quantitative estimate of drug-likeness (QED) is 0.628. The van der Waals surface area contributed by atoms with Crippen molar-refractivity contribution in [2.24, 2.45) is 5.92 Å². The number of para-hydroxylation sites is 1. The van der Waals surface area contributed by atoms with Gasteiger partial charge in [-0.3, -0.25) is 9.59 Å². The molecule has 0 radical (unpaired) electrons. The molecule has 174 valence electrons. The van der Waals surface area contributed by atoms with Crippen LogP contribution in [0.2, 0.25) is 0 Å². The Morgan fingerprint density at radius 2 is 1.97 bits per heavy atom. The van der Waals surface area contributed by atoms with Crippen molar-refractivity contribution < 1.29 is 18.7 Å². The van der Waals surface area contributed by atoms with Crippen molar-refractivity contribution in [1.29, 1.82) is 0 Å². The number of carbonyl (C=O) groups excluding carboxylic acids is 2. The minimum Gasteiger partial charge on any atom is -0.496 e. The third-order valence-electron chi connectivity index (χ3n) is 7.41. The first-order chi connectivity index (χ1) is 15.9. The predicted octanol–water partition coefficient (Wildman–Crippen LogP) is 4.35. The van der Waals surface area contributed by atoms with E-state index in [0.717, 1.165) is 36.8 Å². The lowest BCUT2D eigenvalue weighted by atomic mass is 9.86. The molecule has 1 fully saturated rings. The van der Waals surface area contributed by atoms with Crippen molar-refractivity contribution in [2.45, 2.75) is 64.2 Å². The Morgan fingerprint density at radius 1 is 1.21 bits per heavy atom. The summed E-state index contributed by atoms with van der Waals surface area (Å²) in [6, 6.07) is 11.4. The fraction of sp³-hybridized carbons (Fsp3) is 0.462. The molecule has 1 aromatic carbocycles. The standard InChI is InChI=1S/C26H31N3O4/c1-17-8-10-19(11-9-17)27-25(31)26(2)16-28-20-12-13-33-23(20)14-21(28)24(30)29(26)15-18-6-4-5-7-22(18)32-3/h4-7,12-14,17,19H,8-11,15-16H2,1-3H3,(H,27,31)/t17?,19?,26-/m0/s1. The smallest absolute Gasteiger partial charge is 0.271 e. The first-order valence-corrected chi connectivity index (χ1v) is 11.7. The number of carbonyl (C=O) groups is 2. The Labute approximate surface area is 193 Å². The average Bonchev–Trinajstić information content (AvgIpc) is 3.41. The zero-order valence-corrected chi connectivity index (χ0v) is 19.5. The van der Waals surface area contributed by atoms with E-state index >= 15 is 0 Å². The van der Waals surface area contributed by atoms with Crippen molar-refractivity contribution in [1.82, 2.24) is 14.8 Å². The molecular formula is C26H31N3O4. The second-order valence-corrected chi connectivity index (χ2v) is 9.69. The summed E-state index contributed by atoms with van der Waals surface area (Å²) in [7, 11) is 1.62. The maximum Gasteiger partial charge on any atom is 0.271 e. The molecule has 0 spiro atoms. The highest BCUT2D eigenvalue weighted by atomic mass is 16.5. The van der Waals surface area contributed by atoms with E-state index in [2.05, 4.69) is 12.2 Å².